The van der Waals surface area contributed by atoms with Crippen LogP contribution in [0.3, 0.4) is 0 Å². The van der Waals surface area contributed by atoms with Gasteiger partial charge in [0.2, 0.25) is 11.8 Å². The molecular formula is C14H11Cl2N3O3. The van der Waals surface area contributed by atoms with Gasteiger partial charge in [-0.1, -0.05) is 23.2 Å². The van der Waals surface area contributed by atoms with Crippen molar-refractivity contribution in [3.8, 4) is 0 Å². The van der Waals surface area contributed by atoms with E-state index in [2.05, 4.69) is 10.3 Å². The van der Waals surface area contributed by atoms with Crippen LogP contribution in [-0.2, 0) is 9.59 Å². The first kappa shape index (κ1) is 15.0. The third kappa shape index (κ3) is 2.38. The van der Waals surface area contributed by atoms with Crippen LogP contribution in [0, 0.1) is 6.92 Å². The van der Waals surface area contributed by atoms with Crippen LogP contribution in [0.2, 0.25) is 10.0 Å². The van der Waals surface area contributed by atoms with Crippen molar-refractivity contribution in [3.63, 3.8) is 0 Å². The Kier molecular flexibility index (Phi) is 3.66. The maximum Gasteiger partial charge on any atom is 0.262 e. The number of nitrogens with one attached hydrogen (secondary N) is 1. The monoisotopic (exact) mass is 339 g/mol. The molecule has 1 aromatic carbocycles. The molecule has 114 valence electrons. The quantitative estimate of drug-likeness (QED) is 0.805. The van der Waals surface area contributed by atoms with Crippen LogP contribution in [0.5, 0.6) is 0 Å². The highest BCUT2D eigenvalue weighted by molar-refractivity contribution is 6.38. The summed E-state index contributed by atoms with van der Waals surface area (Å²) in [5.74, 6) is -0.487. The summed E-state index contributed by atoms with van der Waals surface area (Å²) in [6.45, 7) is 1.62. The first-order valence-electron chi connectivity index (χ1n) is 6.60. The van der Waals surface area contributed by atoms with Gasteiger partial charge in [0.05, 0.1) is 15.9 Å². The summed E-state index contributed by atoms with van der Waals surface area (Å²) in [5, 5.41) is 3.07. The Morgan fingerprint density at radius 1 is 1.27 bits per heavy atom. The maximum atomic E-state index is 12.7. The van der Waals surface area contributed by atoms with E-state index >= 15 is 0 Å². The van der Waals surface area contributed by atoms with E-state index in [1.165, 1.54) is 16.7 Å². The molecule has 1 aliphatic rings. The molecule has 0 spiro atoms. The average Bonchev–Trinajstić information content (AvgIpc) is 2.42. The lowest BCUT2D eigenvalue weighted by molar-refractivity contribution is -0.135. The molecule has 0 radical (unpaired) electrons. The first-order chi connectivity index (χ1) is 10.4. The lowest BCUT2D eigenvalue weighted by atomic mass is 10.1. The molecule has 0 unspecified atom stereocenters. The number of halogens is 2. The predicted octanol–water partition coefficient (Wildman–Crippen LogP) is 1.99. The minimum absolute atomic E-state index is 0.177. The fourth-order valence-electron chi connectivity index (χ4n) is 2.63. The molecule has 0 aliphatic carbocycles. The van der Waals surface area contributed by atoms with Crippen LogP contribution in [0.4, 0.5) is 0 Å². The highest BCUT2D eigenvalue weighted by atomic mass is 35.5. The van der Waals surface area contributed by atoms with Crippen molar-refractivity contribution in [1.29, 1.82) is 0 Å². The number of carbonyl (C=O) groups excluding carboxylic acids is 2. The lowest BCUT2D eigenvalue weighted by Crippen LogP contribution is -2.45. The zero-order valence-corrected chi connectivity index (χ0v) is 13.0. The Balaban J connectivity index is 2.25. The van der Waals surface area contributed by atoms with Crippen LogP contribution in [-0.4, -0.2) is 21.4 Å². The van der Waals surface area contributed by atoms with E-state index in [4.69, 9.17) is 23.2 Å². The maximum absolute atomic E-state index is 12.7. The van der Waals surface area contributed by atoms with Gasteiger partial charge in [-0.05, 0) is 25.5 Å². The van der Waals surface area contributed by atoms with Crippen LogP contribution >= 0.6 is 23.2 Å². The molecule has 22 heavy (non-hydrogen) atoms. The summed E-state index contributed by atoms with van der Waals surface area (Å²) in [6.07, 6.45) is 0.434. The third-order valence-corrected chi connectivity index (χ3v) is 4.13. The third-order valence-electron chi connectivity index (χ3n) is 3.62. The van der Waals surface area contributed by atoms with Crippen molar-refractivity contribution in [2.75, 3.05) is 0 Å². The molecule has 1 atom stereocenters. The standard InChI is InChI=1S/C14H11Cl2N3O3/c1-6-17-12-8(4-7(15)5-9(12)16)14(22)19(6)10-2-3-11(20)18-13(10)21/h4-5,10H,2-3H2,1H3,(H,18,20,21)/t10-/m1/s1. The highest BCUT2D eigenvalue weighted by Crippen LogP contribution is 2.26. The molecule has 8 heteroatoms. The van der Waals surface area contributed by atoms with Gasteiger partial charge in [-0.2, -0.15) is 0 Å². The molecule has 1 fully saturated rings. The molecule has 1 aliphatic heterocycles. The molecule has 1 N–H and O–H groups in total. The summed E-state index contributed by atoms with van der Waals surface area (Å²) in [4.78, 5) is 40.3. The summed E-state index contributed by atoms with van der Waals surface area (Å²) >= 11 is 12.0. The SMILES string of the molecule is Cc1nc2c(Cl)cc(Cl)cc2c(=O)n1[C@@H]1CCC(=O)NC1=O. The number of hydrogen-bond acceptors (Lipinski definition) is 4. The van der Waals surface area contributed by atoms with Gasteiger partial charge in [0.25, 0.3) is 5.56 Å². The fourth-order valence-corrected chi connectivity index (χ4v) is 3.17. The zero-order chi connectivity index (χ0) is 16.0. The van der Waals surface area contributed by atoms with Gasteiger partial charge in [0.1, 0.15) is 11.9 Å². The molecule has 0 bridgehead atoms. The second kappa shape index (κ2) is 5.37. The van der Waals surface area contributed by atoms with Gasteiger partial charge in [-0.25, -0.2) is 4.98 Å². The Morgan fingerprint density at radius 2 is 2.00 bits per heavy atom. The normalized spacial score (nSPS) is 18.6. The van der Waals surface area contributed by atoms with Gasteiger partial charge < -0.3 is 0 Å². The van der Waals surface area contributed by atoms with E-state index in [0.29, 0.717) is 16.4 Å². The van der Waals surface area contributed by atoms with Crippen molar-refractivity contribution in [2.45, 2.75) is 25.8 Å². The van der Waals surface area contributed by atoms with Gasteiger partial charge >= 0.3 is 0 Å². The second-order valence-electron chi connectivity index (χ2n) is 5.08. The Bertz CT molecular complexity index is 876. The van der Waals surface area contributed by atoms with Gasteiger partial charge in [-0.3, -0.25) is 24.3 Å². The molecule has 2 amide bonds. The number of amides is 2. The average molecular weight is 340 g/mol. The number of carbonyl (C=O) groups is 2. The van der Waals surface area contributed by atoms with Crippen molar-refractivity contribution in [2.24, 2.45) is 0 Å². The number of nitrogens with zero attached hydrogens (tertiary/aromatic N) is 2. The Morgan fingerprint density at radius 3 is 2.68 bits per heavy atom. The van der Waals surface area contributed by atoms with Crippen LogP contribution in [0.15, 0.2) is 16.9 Å². The van der Waals surface area contributed by atoms with Crippen molar-refractivity contribution in [1.82, 2.24) is 14.9 Å². The first-order valence-corrected chi connectivity index (χ1v) is 7.35. The summed E-state index contributed by atoms with van der Waals surface area (Å²) < 4.78 is 1.29. The van der Waals surface area contributed by atoms with Crippen molar-refractivity contribution < 1.29 is 9.59 Å². The zero-order valence-electron chi connectivity index (χ0n) is 11.5. The van der Waals surface area contributed by atoms with E-state index in [1.54, 1.807) is 6.92 Å². The topological polar surface area (TPSA) is 81.1 Å². The number of aromatic nitrogens is 2. The number of fused-ring (bicyclic) bond motifs is 1. The molecule has 1 aromatic heterocycles. The van der Waals surface area contributed by atoms with E-state index < -0.39 is 17.5 Å². The number of imide groups is 1. The molecule has 1 saturated heterocycles. The van der Waals surface area contributed by atoms with Gasteiger partial charge in [-0.15, -0.1) is 0 Å². The van der Waals surface area contributed by atoms with Crippen LogP contribution in [0.1, 0.15) is 24.7 Å². The van der Waals surface area contributed by atoms with E-state index in [0.717, 1.165) is 0 Å². The number of piperidine rings is 1. The Hall–Kier alpha value is -1.92. The van der Waals surface area contributed by atoms with Gasteiger partial charge in [0.15, 0.2) is 0 Å². The number of benzene rings is 1. The molecular weight excluding hydrogens is 329 g/mol. The Labute approximate surface area is 135 Å². The molecule has 6 nitrogen and oxygen atoms in total. The van der Waals surface area contributed by atoms with E-state index in [9.17, 15) is 14.4 Å². The van der Waals surface area contributed by atoms with Gasteiger partial charge in [0, 0.05) is 11.4 Å². The summed E-state index contributed by atoms with van der Waals surface area (Å²) in [7, 11) is 0. The minimum atomic E-state index is -0.764. The molecule has 2 aromatic rings. The smallest absolute Gasteiger partial charge is 0.262 e. The van der Waals surface area contributed by atoms with Crippen LogP contribution in [0.25, 0.3) is 10.9 Å². The van der Waals surface area contributed by atoms with Crippen molar-refractivity contribution >= 4 is 45.9 Å². The number of rotatable bonds is 1. The minimum Gasteiger partial charge on any atom is -0.295 e. The van der Waals surface area contributed by atoms with Crippen LogP contribution < -0.4 is 10.9 Å². The van der Waals surface area contributed by atoms with E-state index in [1.807, 2.05) is 0 Å². The largest absolute Gasteiger partial charge is 0.295 e. The lowest BCUT2D eigenvalue weighted by Gasteiger charge is -2.24. The summed E-state index contributed by atoms with van der Waals surface area (Å²) in [5.41, 5.74) is -0.0569. The van der Waals surface area contributed by atoms with Crippen molar-refractivity contribution in [3.05, 3.63) is 38.4 Å². The van der Waals surface area contributed by atoms with E-state index in [-0.39, 0.29) is 29.2 Å². The predicted molar refractivity (Wildman–Crippen MR) is 82.2 cm³/mol. The fraction of sp³-hybridized carbons (Fsp3) is 0.286. The molecule has 2 heterocycles. The molecule has 0 saturated carbocycles. The highest BCUT2D eigenvalue weighted by Gasteiger charge is 2.30. The summed E-state index contributed by atoms with van der Waals surface area (Å²) in [6, 6.07) is 2.22. The second-order valence-corrected chi connectivity index (χ2v) is 5.93. The number of hydrogen-bond donors (Lipinski definition) is 1. The number of aryl methyl sites for hydroxylation is 1. The molecule has 3 rings (SSSR count).